The number of rotatable bonds is 8. The summed E-state index contributed by atoms with van der Waals surface area (Å²) < 4.78 is 94.5. The van der Waals surface area contributed by atoms with Gasteiger partial charge >= 0.3 is 13.7 Å². The van der Waals surface area contributed by atoms with Gasteiger partial charge in [0, 0.05) is 0 Å². The predicted molar refractivity (Wildman–Crippen MR) is 86.2 cm³/mol. The summed E-state index contributed by atoms with van der Waals surface area (Å²) in [5, 5.41) is 1.95. The molecule has 0 saturated heterocycles. The lowest BCUT2D eigenvalue weighted by molar-refractivity contribution is -0.141. The first-order valence-corrected chi connectivity index (χ1v) is 9.19. The fourth-order valence-corrected chi connectivity index (χ4v) is 3.15. The molecule has 0 aliphatic rings. The van der Waals surface area contributed by atoms with Crippen LogP contribution in [0, 0.1) is 29.1 Å². The first-order chi connectivity index (χ1) is 13.2. The second-order valence-corrected chi connectivity index (χ2v) is 6.71. The largest absolute Gasteiger partial charge is 0.513 e. The highest BCUT2D eigenvalue weighted by Gasteiger charge is 2.36. The molecule has 0 saturated carbocycles. The lowest BCUT2D eigenvalue weighted by Crippen LogP contribution is -2.27. The molecular weight excluding hydrogens is 412 g/mol. The lowest BCUT2D eigenvalue weighted by Gasteiger charge is -2.21. The average Bonchev–Trinajstić information content (AvgIpc) is 2.68. The van der Waals surface area contributed by atoms with Gasteiger partial charge in [-0.2, -0.15) is 13.9 Å². The van der Waals surface area contributed by atoms with E-state index in [2.05, 4.69) is 9.26 Å². The number of carbonyl (C=O) groups is 1. The number of hydrogen-bond donors (Lipinski definition) is 1. The summed E-state index contributed by atoms with van der Waals surface area (Å²) in [5.74, 6) is -14.6. The SMILES string of the molecule is CCOC(=O)CNP(=O)(Oc1ccccc1)Oc1c(F)c(F)c(F)c(F)c1F. The average molecular weight is 425 g/mol. The van der Waals surface area contributed by atoms with Gasteiger partial charge in [0.15, 0.2) is 0 Å². The third kappa shape index (κ3) is 4.99. The van der Waals surface area contributed by atoms with Crippen LogP contribution in [-0.4, -0.2) is 19.1 Å². The van der Waals surface area contributed by atoms with E-state index in [1.807, 2.05) is 5.09 Å². The molecule has 2 aromatic carbocycles. The van der Waals surface area contributed by atoms with Gasteiger partial charge in [-0.15, -0.1) is 0 Å². The molecule has 0 aliphatic carbocycles. The molecular formula is C16H13F5NO5P. The first kappa shape index (κ1) is 21.6. The number of halogens is 5. The molecule has 2 rings (SSSR count). The van der Waals surface area contributed by atoms with Crippen molar-refractivity contribution in [2.45, 2.75) is 6.92 Å². The molecule has 2 aromatic rings. The van der Waals surface area contributed by atoms with E-state index in [1.54, 1.807) is 6.07 Å². The van der Waals surface area contributed by atoms with Crippen LogP contribution in [0.3, 0.4) is 0 Å². The second kappa shape index (κ2) is 9.03. The van der Waals surface area contributed by atoms with E-state index in [0.717, 1.165) is 0 Å². The van der Waals surface area contributed by atoms with Crippen molar-refractivity contribution < 1.29 is 45.1 Å². The Bertz CT molecular complexity index is 883. The van der Waals surface area contributed by atoms with Gasteiger partial charge in [-0.1, -0.05) is 18.2 Å². The molecule has 28 heavy (non-hydrogen) atoms. The predicted octanol–water partition coefficient (Wildman–Crippen LogP) is 4.10. The van der Waals surface area contributed by atoms with Crippen LogP contribution in [0.2, 0.25) is 0 Å². The quantitative estimate of drug-likeness (QED) is 0.226. The number of benzene rings is 2. The van der Waals surface area contributed by atoms with Crippen molar-refractivity contribution in [2.75, 3.05) is 13.2 Å². The van der Waals surface area contributed by atoms with Gasteiger partial charge in [-0.05, 0) is 19.1 Å². The van der Waals surface area contributed by atoms with Crippen LogP contribution in [0.25, 0.3) is 0 Å². The highest BCUT2D eigenvalue weighted by atomic mass is 31.2. The Morgan fingerprint density at radius 3 is 2.00 bits per heavy atom. The second-order valence-electron chi connectivity index (χ2n) is 5.03. The zero-order chi connectivity index (χ0) is 20.9. The summed E-state index contributed by atoms with van der Waals surface area (Å²) in [5.41, 5.74) is 0. The van der Waals surface area contributed by atoms with Crippen molar-refractivity contribution in [3.8, 4) is 11.5 Å². The highest BCUT2D eigenvalue weighted by Crippen LogP contribution is 2.46. The van der Waals surface area contributed by atoms with E-state index < -0.39 is 55.1 Å². The van der Waals surface area contributed by atoms with E-state index in [0.29, 0.717) is 0 Å². The van der Waals surface area contributed by atoms with Crippen molar-refractivity contribution in [3.05, 3.63) is 59.4 Å². The zero-order valence-electron chi connectivity index (χ0n) is 14.2. The summed E-state index contributed by atoms with van der Waals surface area (Å²) in [7, 11) is -4.84. The molecule has 0 spiro atoms. The molecule has 1 unspecified atom stereocenters. The van der Waals surface area contributed by atoms with Crippen LogP contribution in [0.15, 0.2) is 30.3 Å². The maximum atomic E-state index is 13.8. The molecule has 1 N–H and O–H groups in total. The molecule has 0 amide bonds. The van der Waals surface area contributed by atoms with Crippen LogP contribution in [0.4, 0.5) is 22.0 Å². The number of para-hydroxylation sites is 1. The number of esters is 1. The summed E-state index contributed by atoms with van der Waals surface area (Å²) in [6, 6.07) is 7.02. The van der Waals surface area contributed by atoms with Crippen molar-refractivity contribution in [2.24, 2.45) is 0 Å². The minimum Gasteiger partial charge on any atom is -0.465 e. The Morgan fingerprint density at radius 1 is 0.929 bits per heavy atom. The Labute approximate surface area is 155 Å². The highest BCUT2D eigenvalue weighted by molar-refractivity contribution is 7.52. The zero-order valence-corrected chi connectivity index (χ0v) is 15.1. The lowest BCUT2D eigenvalue weighted by atomic mass is 10.3. The van der Waals surface area contributed by atoms with E-state index in [4.69, 9.17) is 4.52 Å². The molecule has 0 fully saturated rings. The van der Waals surface area contributed by atoms with Gasteiger partial charge < -0.3 is 13.8 Å². The smallest absolute Gasteiger partial charge is 0.465 e. The maximum Gasteiger partial charge on any atom is 0.513 e. The molecule has 6 nitrogen and oxygen atoms in total. The van der Waals surface area contributed by atoms with Gasteiger partial charge in [0.1, 0.15) is 12.3 Å². The van der Waals surface area contributed by atoms with Crippen LogP contribution in [0.1, 0.15) is 6.92 Å². The molecule has 1 atom stereocenters. The van der Waals surface area contributed by atoms with Gasteiger partial charge in [-0.3, -0.25) is 4.79 Å². The van der Waals surface area contributed by atoms with Gasteiger partial charge in [0.2, 0.25) is 34.8 Å². The number of nitrogens with one attached hydrogen (secondary N) is 1. The molecule has 152 valence electrons. The summed E-state index contributed by atoms with van der Waals surface area (Å²) in [6.45, 7) is 0.666. The fourth-order valence-electron chi connectivity index (χ4n) is 1.86. The molecule has 0 aromatic heterocycles. The normalized spacial score (nSPS) is 12.9. The third-order valence-corrected chi connectivity index (χ3v) is 4.49. The molecule has 0 bridgehead atoms. The van der Waals surface area contributed by atoms with Crippen molar-refractivity contribution >= 4 is 13.7 Å². The summed E-state index contributed by atoms with van der Waals surface area (Å²) in [4.78, 5) is 11.4. The van der Waals surface area contributed by atoms with Gasteiger partial charge in [0.25, 0.3) is 0 Å². The number of carbonyl (C=O) groups excluding carboxylic acids is 1. The van der Waals surface area contributed by atoms with Crippen LogP contribution < -0.4 is 14.1 Å². The molecule has 12 heteroatoms. The molecule has 0 radical (unpaired) electrons. The van der Waals surface area contributed by atoms with Crippen molar-refractivity contribution in [1.29, 1.82) is 0 Å². The summed E-state index contributed by atoms with van der Waals surface area (Å²) in [6.07, 6.45) is 0. The first-order valence-electron chi connectivity index (χ1n) is 7.65. The third-order valence-electron chi connectivity index (χ3n) is 3.07. The van der Waals surface area contributed by atoms with E-state index >= 15 is 0 Å². The maximum absolute atomic E-state index is 13.8. The Balaban J connectivity index is 2.40. The van der Waals surface area contributed by atoms with E-state index in [1.165, 1.54) is 31.2 Å². The number of hydrogen-bond acceptors (Lipinski definition) is 5. The monoisotopic (exact) mass is 425 g/mol. The molecule has 0 aliphatic heterocycles. The van der Waals surface area contributed by atoms with Crippen LogP contribution in [0.5, 0.6) is 11.5 Å². The Kier molecular flexibility index (Phi) is 6.98. The topological polar surface area (TPSA) is 73.9 Å². The van der Waals surface area contributed by atoms with Crippen LogP contribution in [-0.2, 0) is 14.1 Å². The standard InChI is InChI=1S/C16H13F5NO5P/c1-2-25-10(23)8-22-28(24,26-9-6-4-3-5-7-9)27-16-14(20)12(18)11(17)13(19)15(16)21/h3-7H,2,8H2,1H3,(H,22,24). The van der Waals surface area contributed by atoms with E-state index in [9.17, 15) is 31.3 Å². The minimum absolute atomic E-state index is 0.0249. The van der Waals surface area contributed by atoms with Crippen molar-refractivity contribution in [1.82, 2.24) is 5.09 Å². The Hall–Kier alpha value is -2.65. The van der Waals surface area contributed by atoms with Gasteiger partial charge in [-0.25, -0.2) is 17.7 Å². The summed E-state index contributed by atoms with van der Waals surface area (Å²) >= 11 is 0. The van der Waals surface area contributed by atoms with Crippen molar-refractivity contribution in [3.63, 3.8) is 0 Å². The van der Waals surface area contributed by atoms with Gasteiger partial charge in [0.05, 0.1) is 6.61 Å². The Morgan fingerprint density at radius 2 is 1.46 bits per heavy atom. The minimum atomic E-state index is -4.84. The number of ether oxygens (including phenoxy) is 1. The molecule has 0 heterocycles. The van der Waals surface area contributed by atoms with Crippen LogP contribution >= 0.6 is 7.75 Å². The van der Waals surface area contributed by atoms with E-state index in [-0.39, 0.29) is 12.4 Å². The fraction of sp³-hybridized carbons (Fsp3) is 0.188.